The molecule has 0 aromatic carbocycles. The van der Waals surface area contributed by atoms with Gasteiger partial charge in [-0.2, -0.15) is 5.10 Å². The van der Waals surface area contributed by atoms with E-state index < -0.39 is 5.78 Å². The Bertz CT molecular complexity index is 459. The van der Waals surface area contributed by atoms with E-state index in [1.165, 1.54) is 6.42 Å². The maximum absolute atomic E-state index is 12.1. The number of hydrogen-bond donors (Lipinski definition) is 2. The molecule has 1 aliphatic rings. The van der Waals surface area contributed by atoms with E-state index in [9.17, 15) is 9.59 Å². The Morgan fingerprint density at radius 1 is 1.32 bits per heavy atom. The maximum atomic E-state index is 12.1. The zero-order valence-corrected chi connectivity index (χ0v) is 11.5. The van der Waals surface area contributed by atoms with Crippen LogP contribution in [0.4, 0.5) is 5.82 Å². The standard InChI is InChI=1S/C14H21N3O2/c1-9(2)15-12-8-11(16-17-12)14(19)13(18)10-6-4-3-5-7-10/h8-10H,3-7H2,1-2H3,(H2,15,16,17). The second kappa shape index (κ2) is 5.99. The molecule has 1 fully saturated rings. The molecule has 5 heteroatoms. The minimum Gasteiger partial charge on any atom is -0.366 e. The summed E-state index contributed by atoms with van der Waals surface area (Å²) in [4.78, 5) is 24.2. The molecule has 1 saturated carbocycles. The molecule has 1 heterocycles. The summed E-state index contributed by atoms with van der Waals surface area (Å²) in [5.41, 5.74) is 0.290. The van der Waals surface area contributed by atoms with Crippen LogP contribution in [0.1, 0.15) is 56.4 Å². The largest absolute Gasteiger partial charge is 0.366 e. The highest BCUT2D eigenvalue weighted by molar-refractivity contribution is 6.43. The average Bonchev–Trinajstić information content (AvgIpc) is 2.85. The molecule has 1 aromatic heterocycles. The predicted octanol–water partition coefficient (Wildman–Crippen LogP) is 2.56. The van der Waals surface area contributed by atoms with Crippen LogP contribution in [0.2, 0.25) is 0 Å². The minimum atomic E-state index is -0.434. The number of hydrogen-bond acceptors (Lipinski definition) is 4. The van der Waals surface area contributed by atoms with Gasteiger partial charge in [0.05, 0.1) is 0 Å². The van der Waals surface area contributed by atoms with Crippen LogP contribution in [0.3, 0.4) is 0 Å². The van der Waals surface area contributed by atoms with Crippen molar-refractivity contribution in [3.8, 4) is 0 Å². The van der Waals surface area contributed by atoms with Crippen molar-refractivity contribution in [3.05, 3.63) is 11.8 Å². The molecule has 2 N–H and O–H groups in total. The number of nitrogens with one attached hydrogen (secondary N) is 2. The van der Waals surface area contributed by atoms with Gasteiger partial charge in [0.2, 0.25) is 11.6 Å². The second-order valence-electron chi connectivity index (χ2n) is 5.49. The van der Waals surface area contributed by atoms with Crippen LogP contribution in [-0.4, -0.2) is 27.8 Å². The lowest BCUT2D eigenvalue weighted by molar-refractivity contribution is -0.119. The molecule has 19 heavy (non-hydrogen) atoms. The van der Waals surface area contributed by atoms with Gasteiger partial charge in [0.25, 0.3) is 0 Å². The van der Waals surface area contributed by atoms with Gasteiger partial charge in [0.1, 0.15) is 11.5 Å². The minimum absolute atomic E-state index is 0.0916. The lowest BCUT2D eigenvalue weighted by Gasteiger charge is -2.18. The zero-order valence-electron chi connectivity index (χ0n) is 11.5. The topological polar surface area (TPSA) is 74.8 Å². The predicted molar refractivity (Wildman–Crippen MR) is 73.3 cm³/mol. The molecule has 1 aromatic rings. The summed E-state index contributed by atoms with van der Waals surface area (Å²) in [6, 6.07) is 1.85. The maximum Gasteiger partial charge on any atom is 0.246 e. The number of nitrogens with zero attached hydrogens (tertiary/aromatic N) is 1. The highest BCUT2D eigenvalue weighted by Gasteiger charge is 2.28. The Hall–Kier alpha value is -1.65. The molecule has 0 amide bonds. The first kappa shape index (κ1) is 13.8. The van der Waals surface area contributed by atoms with Crippen LogP contribution in [0.15, 0.2) is 6.07 Å². The molecule has 5 nitrogen and oxygen atoms in total. The molecule has 0 aliphatic heterocycles. The first-order valence-electron chi connectivity index (χ1n) is 6.98. The van der Waals surface area contributed by atoms with E-state index in [1.807, 2.05) is 13.8 Å². The van der Waals surface area contributed by atoms with Crippen molar-refractivity contribution in [1.82, 2.24) is 10.2 Å². The van der Waals surface area contributed by atoms with Crippen LogP contribution in [-0.2, 0) is 4.79 Å². The third-order valence-corrected chi connectivity index (χ3v) is 3.46. The van der Waals surface area contributed by atoms with E-state index in [4.69, 9.17) is 0 Å². The quantitative estimate of drug-likeness (QED) is 0.632. The third-order valence-electron chi connectivity index (χ3n) is 3.46. The van der Waals surface area contributed by atoms with Gasteiger partial charge in [-0.25, -0.2) is 0 Å². The van der Waals surface area contributed by atoms with Gasteiger partial charge >= 0.3 is 0 Å². The van der Waals surface area contributed by atoms with E-state index in [1.54, 1.807) is 6.07 Å². The summed E-state index contributed by atoms with van der Waals surface area (Å²) in [6.07, 6.45) is 4.95. The normalized spacial score (nSPS) is 16.6. The number of Topliss-reactive ketones (excluding diaryl/α,β-unsaturated/α-hetero) is 2. The van der Waals surface area contributed by atoms with E-state index >= 15 is 0 Å². The van der Waals surface area contributed by atoms with Crippen molar-refractivity contribution in [3.63, 3.8) is 0 Å². The van der Waals surface area contributed by atoms with Gasteiger partial charge < -0.3 is 5.32 Å². The lowest BCUT2D eigenvalue weighted by Crippen LogP contribution is -2.26. The van der Waals surface area contributed by atoms with Gasteiger partial charge in [-0.3, -0.25) is 14.7 Å². The molecule has 2 rings (SSSR count). The van der Waals surface area contributed by atoms with Crippen molar-refractivity contribution in [1.29, 1.82) is 0 Å². The summed E-state index contributed by atoms with van der Waals surface area (Å²) in [7, 11) is 0. The first-order valence-corrected chi connectivity index (χ1v) is 6.98. The number of aromatic nitrogens is 2. The molecule has 104 valence electrons. The number of rotatable bonds is 5. The summed E-state index contributed by atoms with van der Waals surface area (Å²) in [5, 5.41) is 9.74. The van der Waals surface area contributed by atoms with Crippen molar-refractivity contribution >= 4 is 17.4 Å². The fourth-order valence-electron chi connectivity index (χ4n) is 2.49. The summed E-state index contributed by atoms with van der Waals surface area (Å²) in [6.45, 7) is 3.98. The number of anilines is 1. The summed E-state index contributed by atoms with van der Waals surface area (Å²) in [5.74, 6) is -0.184. The Kier molecular flexibility index (Phi) is 4.35. The van der Waals surface area contributed by atoms with Crippen molar-refractivity contribution < 1.29 is 9.59 Å². The highest BCUT2D eigenvalue weighted by atomic mass is 16.2. The fourth-order valence-corrected chi connectivity index (χ4v) is 2.49. The lowest BCUT2D eigenvalue weighted by atomic mass is 9.84. The van der Waals surface area contributed by atoms with Crippen LogP contribution >= 0.6 is 0 Å². The zero-order chi connectivity index (χ0) is 13.8. The van der Waals surface area contributed by atoms with Gasteiger partial charge in [0, 0.05) is 18.0 Å². The van der Waals surface area contributed by atoms with Crippen molar-refractivity contribution in [2.45, 2.75) is 52.0 Å². The summed E-state index contributed by atoms with van der Waals surface area (Å²) < 4.78 is 0. The molecule has 1 aliphatic carbocycles. The molecule has 0 atom stereocenters. The summed E-state index contributed by atoms with van der Waals surface area (Å²) >= 11 is 0. The molecular weight excluding hydrogens is 242 g/mol. The number of H-pyrrole nitrogens is 1. The van der Waals surface area contributed by atoms with E-state index in [0.29, 0.717) is 11.5 Å². The highest BCUT2D eigenvalue weighted by Crippen LogP contribution is 2.25. The molecular formula is C14H21N3O2. The molecule has 0 bridgehead atoms. The monoisotopic (exact) mass is 263 g/mol. The first-order chi connectivity index (χ1) is 9.08. The average molecular weight is 263 g/mol. The fraction of sp³-hybridized carbons (Fsp3) is 0.643. The second-order valence-corrected chi connectivity index (χ2v) is 5.49. The SMILES string of the molecule is CC(C)Nc1cc(C(=O)C(=O)C2CCCCC2)[nH]n1. The third kappa shape index (κ3) is 3.43. The van der Waals surface area contributed by atoms with Gasteiger partial charge in [-0.1, -0.05) is 19.3 Å². The smallest absolute Gasteiger partial charge is 0.246 e. The molecule has 0 unspecified atom stereocenters. The Balaban J connectivity index is 2.02. The molecule has 0 spiro atoms. The Labute approximate surface area is 113 Å². The Morgan fingerprint density at radius 2 is 2.00 bits per heavy atom. The van der Waals surface area contributed by atoms with E-state index in [-0.39, 0.29) is 17.7 Å². The van der Waals surface area contributed by atoms with Crippen LogP contribution in [0, 0.1) is 5.92 Å². The van der Waals surface area contributed by atoms with Crippen molar-refractivity contribution in [2.24, 2.45) is 5.92 Å². The number of aromatic amines is 1. The number of carbonyl (C=O) groups is 2. The van der Waals surface area contributed by atoms with Gasteiger partial charge in [0.15, 0.2) is 0 Å². The van der Waals surface area contributed by atoms with Crippen LogP contribution < -0.4 is 5.32 Å². The molecule has 0 saturated heterocycles. The molecule has 0 radical (unpaired) electrons. The van der Waals surface area contributed by atoms with Gasteiger partial charge in [-0.15, -0.1) is 0 Å². The van der Waals surface area contributed by atoms with Gasteiger partial charge in [-0.05, 0) is 26.7 Å². The van der Waals surface area contributed by atoms with E-state index in [0.717, 1.165) is 25.7 Å². The van der Waals surface area contributed by atoms with Crippen molar-refractivity contribution in [2.75, 3.05) is 5.32 Å². The number of carbonyl (C=O) groups excluding carboxylic acids is 2. The van der Waals surface area contributed by atoms with E-state index in [2.05, 4.69) is 15.5 Å². The Morgan fingerprint density at radius 3 is 2.63 bits per heavy atom. The number of ketones is 2. The van der Waals surface area contributed by atoms with Crippen LogP contribution in [0.25, 0.3) is 0 Å². The van der Waals surface area contributed by atoms with Crippen LogP contribution in [0.5, 0.6) is 0 Å².